The van der Waals surface area contributed by atoms with Crippen molar-refractivity contribution in [1.29, 1.82) is 0 Å². The molecule has 1 aliphatic carbocycles. The smallest absolute Gasteiger partial charge is 0.272 e. The summed E-state index contributed by atoms with van der Waals surface area (Å²) in [7, 11) is 0. The predicted octanol–water partition coefficient (Wildman–Crippen LogP) is 2.47. The third-order valence-corrected chi connectivity index (χ3v) is 4.72. The van der Waals surface area contributed by atoms with Crippen LogP contribution in [0.1, 0.15) is 36.2 Å². The lowest BCUT2D eigenvalue weighted by Crippen LogP contribution is -2.35. The van der Waals surface area contributed by atoms with Crippen molar-refractivity contribution < 1.29 is 4.79 Å². The highest BCUT2D eigenvalue weighted by molar-refractivity contribution is 9.09. The summed E-state index contributed by atoms with van der Waals surface area (Å²) in [6.45, 7) is 0.757. The Bertz CT molecular complexity index is 358. The molecule has 0 bridgehead atoms. The van der Waals surface area contributed by atoms with Crippen molar-refractivity contribution in [3.63, 3.8) is 0 Å². The summed E-state index contributed by atoms with van der Waals surface area (Å²) in [5, 5.41) is 9.44. The summed E-state index contributed by atoms with van der Waals surface area (Å²) in [5.74, 6) is 1.19. The first-order valence-electron chi connectivity index (χ1n) is 5.92. The normalized spacial score (nSPS) is 24.5. The lowest BCUT2D eigenvalue weighted by molar-refractivity contribution is 0.0932. The number of rotatable bonds is 4. The first-order chi connectivity index (χ1) is 8.31. The SMILES string of the molecule is O=C(NCC1CCCCC1CBr)c1csnn1. The molecular formula is C11H16BrN3OS. The van der Waals surface area contributed by atoms with Crippen LogP contribution in [0.5, 0.6) is 0 Å². The number of aromatic nitrogens is 2. The van der Waals surface area contributed by atoms with Gasteiger partial charge < -0.3 is 5.32 Å². The van der Waals surface area contributed by atoms with E-state index in [1.807, 2.05) is 0 Å². The van der Waals surface area contributed by atoms with Crippen molar-refractivity contribution >= 4 is 33.4 Å². The maximum Gasteiger partial charge on any atom is 0.272 e. The van der Waals surface area contributed by atoms with E-state index in [9.17, 15) is 4.79 Å². The van der Waals surface area contributed by atoms with Gasteiger partial charge in [0.25, 0.3) is 5.91 Å². The minimum absolute atomic E-state index is 0.0994. The van der Waals surface area contributed by atoms with E-state index in [1.165, 1.54) is 37.2 Å². The van der Waals surface area contributed by atoms with E-state index in [0.29, 0.717) is 17.5 Å². The summed E-state index contributed by atoms with van der Waals surface area (Å²) >= 11 is 4.77. The zero-order valence-corrected chi connectivity index (χ0v) is 12.0. The van der Waals surface area contributed by atoms with E-state index in [0.717, 1.165) is 11.9 Å². The molecule has 1 aromatic rings. The van der Waals surface area contributed by atoms with Crippen molar-refractivity contribution in [2.45, 2.75) is 25.7 Å². The van der Waals surface area contributed by atoms with Gasteiger partial charge in [0, 0.05) is 17.3 Å². The van der Waals surface area contributed by atoms with Crippen LogP contribution >= 0.6 is 27.5 Å². The molecule has 0 saturated heterocycles. The lowest BCUT2D eigenvalue weighted by Gasteiger charge is -2.30. The molecule has 1 aromatic heterocycles. The number of alkyl halides is 1. The van der Waals surface area contributed by atoms with Crippen LogP contribution in [-0.4, -0.2) is 27.4 Å². The van der Waals surface area contributed by atoms with Gasteiger partial charge in [0.05, 0.1) is 0 Å². The van der Waals surface area contributed by atoms with Crippen LogP contribution in [-0.2, 0) is 0 Å². The van der Waals surface area contributed by atoms with Crippen molar-refractivity contribution in [1.82, 2.24) is 14.9 Å². The second-order valence-electron chi connectivity index (χ2n) is 4.46. The van der Waals surface area contributed by atoms with Gasteiger partial charge in [-0.1, -0.05) is 33.3 Å². The summed E-state index contributed by atoms with van der Waals surface area (Å²) in [6, 6.07) is 0. The monoisotopic (exact) mass is 317 g/mol. The molecule has 17 heavy (non-hydrogen) atoms. The average Bonchev–Trinajstić information content (AvgIpc) is 2.90. The Labute approximate surface area is 113 Å². The third kappa shape index (κ3) is 3.48. The summed E-state index contributed by atoms with van der Waals surface area (Å²) in [5.41, 5.74) is 0.432. The number of nitrogens with zero attached hydrogens (tertiary/aromatic N) is 2. The van der Waals surface area contributed by atoms with Gasteiger partial charge in [-0.05, 0) is 36.2 Å². The maximum atomic E-state index is 11.7. The number of hydrogen-bond acceptors (Lipinski definition) is 4. The quantitative estimate of drug-likeness (QED) is 0.868. The van der Waals surface area contributed by atoms with Crippen molar-refractivity contribution in [2.75, 3.05) is 11.9 Å². The molecule has 1 amide bonds. The van der Waals surface area contributed by atoms with Gasteiger partial charge >= 0.3 is 0 Å². The lowest BCUT2D eigenvalue weighted by atomic mass is 9.80. The molecular weight excluding hydrogens is 302 g/mol. The molecule has 1 heterocycles. The highest BCUT2D eigenvalue weighted by atomic mass is 79.9. The fourth-order valence-corrected chi connectivity index (χ4v) is 3.62. The molecule has 2 unspecified atom stereocenters. The van der Waals surface area contributed by atoms with Gasteiger partial charge in [0.2, 0.25) is 0 Å². The Morgan fingerprint density at radius 2 is 2.24 bits per heavy atom. The second kappa shape index (κ2) is 6.44. The van der Waals surface area contributed by atoms with Gasteiger partial charge in [0.1, 0.15) is 0 Å². The van der Waals surface area contributed by atoms with Crippen LogP contribution in [0.4, 0.5) is 0 Å². The van der Waals surface area contributed by atoms with Crippen molar-refractivity contribution in [3.05, 3.63) is 11.1 Å². The largest absolute Gasteiger partial charge is 0.350 e. The van der Waals surface area contributed by atoms with Crippen LogP contribution in [0.25, 0.3) is 0 Å². The number of halogens is 1. The second-order valence-corrected chi connectivity index (χ2v) is 5.72. The third-order valence-electron chi connectivity index (χ3n) is 3.38. The topological polar surface area (TPSA) is 54.9 Å². The van der Waals surface area contributed by atoms with Crippen molar-refractivity contribution in [2.24, 2.45) is 11.8 Å². The maximum absolute atomic E-state index is 11.7. The van der Waals surface area contributed by atoms with Gasteiger partial charge in [0.15, 0.2) is 5.69 Å². The van der Waals surface area contributed by atoms with Gasteiger partial charge in [-0.25, -0.2) is 0 Å². The zero-order chi connectivity index (χ0) is 12.1. The van der Waals surface area contributed by atoms with Gasteiger partial charge in [-0.3, -0.25) is 4.79 Å². The van der Waals surface area contributed by atoms with Crippen LogP contribution < -0.4 is 5.32 Å². The Morgan fingerprint density at radius 1 is 1.47 bits per heavy atom. The molecule has 0 aromatic carbocycles. The number of amides is 1. The fraction of sp³-hybridized carbons (Fsp3) is 0.727. The first kappa shape index (κ1) is 13.0. The molecule has 2 atom stereocenters. The van der Waals surface area contributed by atoms with E-state index >= 15 is 0 Å². The fourth-order valence-electron chi connectivity index (χ4n) is 2.33. The highest BCUT2D eigenvalue weighted by Gasteiger charge is 2.24. The molecule has 0 radical (unpaired) electrons. The minimum Gasteiger partial charge on any atom is -0.350 e. The molecule has 94 valence electrons. The summed E-state index contributed by atoms with van der Waals surface area (Å²) < 4.78 is 3.69. The number of hydrogen-bond donors (Lipinski definition) is 1. The van der Waals surface area contributed by atoms with E-state index in [2.05, 4.69) is 30.8 Å². The number of nitrogens with one attached hydrogen (secondary N) is 1. The Morgan fingerprint density at radius 3 is 2.88 bits per heavy atom. The molecule has 1 N–H and O–H groups in total. The Kier molecular flexibility index (Phi) is 4.91. The molecule has 6 heteroatoms. The summed E-state index contributed by atoms with van der Waals surface area (Å²) in [4.78, 5) is 11.7. The number of carbonyl (C=O) groups excluding carboxylic acids is 1. The molecule has 1 aliphatic rings. The predicted molar refractivity (Wildman–Crippen MR) is 71.5 cm³/mol. The molecule has 1 saturated carbocycles. The molecule has 1 fully saturated rings. The number of carbonyl (C=O) groups is 1. The van der Waals surface area contributed by atoms with E-state index in [1.54, 1.807) is 5.38 Å². The van der Waals surface area contributed by atoms with E-state index < -0.39 is 0 Å². The van der Waals surface area contributed by atoms with Crippen molar-refractivity contribution in [3.8, 4) is 0 Å². The van der Waals surface area contributed by atoms with E-state index in [4.69, 9.17) is 0 Å². The first-order valence-corrected chi connectivity index (χ1v) is 7.88. The molecule has 0 aliphatic heterocycles. The average molecular weight is 318 g/mol. The van der Waals surface area contributed by atoms with Crippen LogP contribution in [0.15, 0.2) is 5.38 Å². The highest BCUT2D eigenvalue weighted by Crippen LogP contribution is 2.30. The van der Waals surface area contributed by atoms with Crippen LogP contribution in [0.3, 0.4) is 0 Å². The zero-order valence-electron chi connectivity index (χ0n) is 9.56. The molecule has 2 rings (SSSR count). The molecule has 4 nitrogen and oxygen atoms in total. The Balaban J connectivity index is 1.82. The minimum atomic E-state index is -0.0994. The van der Waals surface area contributed by atoms with Gasteiger partial charge in [-0.2, -0.15) is 0 Å². The standard InChI is InChI=1S/C11H16BrN3OS/c12-5-8-3-1-2-4-9(8)6-13-11(16)10-7-17-15-14-10/h7-9H,1-6H2,(H,13,16). The van der Waals surface area contributed by atoms with Crippen LogP contribution in [0.2, 0.25) is 0 Å². The van der Waals surface area contributed by atoms with Crippen LogP contribution in [0, 0.1) is 11.8 Å². The van der Waals surface area contributed by atoms with E-state index in [-0.39, 0.29) is 5.91 Å². The summed E-state index contributed by atoms with van der Waals surface area (Å²) in [6.07, 6.45) is 5.08. The van der Waals surface area contributed by atoms with Gasteiger partial charge in [-0.15, -0.1) is 5.10 Å². The Hall–Kier alpha value is -0.490. The molecule has 0 spiro atoms.